The van der Waals surface area contributed by atoms with Crippen LogP contribution in [0.5, 0.6) is 0 Å². The Labute approximate surface area is 119 Å². The zero-order valence-corrected chi connectivity index (χ0v) is 11.5. The zero-order valence-electron chi connectivity index (χ0n) is 11.5. The van der Waals surface area contributed by atoms with E-state index in [9.17, 15) is 5.26 Å². The van der Waals surface area contributed by atoms with Crippen LogP contribution in [0.25, 0.3) is 10.4 Å². The zero-order chi connectivity index (χ0) is 14.3. The minimum atomic E-state index is -0.537. The molecule has 0 spiro atoms. The summed E-state index contributed by atoms with van der Waals surface area (Å²) in [4.78, 5) is 2.75. The average Bonchev–Trinajstić information content (AvgIpc) is 2.53. The molecule has 0 heterocycles. The maximum atomic E-state index is 9.71. The van der Waals surface area contributed by atoms with E-state index in [1.165, 1.54) is 5.56 Å². The van der Waals surface area contributed by atoms with Gasteiger partial charge in [0.15, 0.2) is 0 Å². The number of azide groups is 1. The summed E-state index contributed by atoms with van der Waals surface area (Å²) in [6.07, 6.45) is 4.08. The molecule has 0 amide bonds. The minimum absolute atomic E-state index is 0.202. The number of benzene rings is 1. The number of nitrogens with one attached hydrogen (secondary N) is 1. The fourth-order valence-electron chi connectivity index (χ4n) is 3.07. The molecule has 1 aliphatic carbocycles. The van der Waals surface area contributed by atoms with Crippen molar-refractivity contribution in [3.63, 3.8) is 0 Å². The summed E-state index contributed by atoms with van der Waals surface area (Å²) in [6, 6.07) is 12.7. The van der Waals surface area contributed by atoms with Crippen molar-refractivity contribution in [1.29, 1.82) is 5.26 Å². The largest absolute Gasteiger partial charge is 0.299 e. The summed E-state index contributed by atoms with van der Waals surface area (Å²) in [5, 5.41) is 16.6. The molecule has 0 bridgehead atoms. The van der Waals surface area contributed by atoms with Gasteiger partial charge in [-0.2, -0.15) is 5.26 Å². The van der Waals surface area contributed by atoms with Crippen LogP contribution >= 0.6 is 0 Å². The van der Waals surface area contributed by atoms with Gasteiger partial charge in [0.1, 0.15) is 5.54 Å². The first-order valence-electron chi connectivity index (χ1n) is 7.04. The molecule has 2 rings (SSSR count). The monoisotopic (exact) mass is 269 g/mol. The van der Waals surface area contributed by atoms with Crippen LogP contribution < -0.4 is 5.32 Å². The predicted molar refractivity (Wildman–Crippen MR) is 78.0 cm³/mol. The van der Waals surface area contributed by atoms with Crippen molar-refractivity contribution >= 4 is 0 Å². The van der Waals surface area contributed by atoms with Gasteiger partial charge in [0.2, 0.25) is 0 Å². The van der Waals surface area contributed by atoms with Crippen LogP contribution in [0, 0.1) is 11.3 Å². The lowest BCUT2D eigenvalue weighted by molar-refractivity contribution is 0.258. The van der Waals surface area contributed by atoms with Crippen LogP contribution in [-0.4, -0.2) is 18.6 Å². The molecule has 1 N–H and O–H groups in total. The molecular formula is C15H19N5. The van der Waals surface area contributed by atoms with E-state index >= 15 is 0 Å². The van der Waals surface area contributed by atoms with E-state index in [4.69, 9.17) is 5.53 Å². The third-order valence-electron chi connectivity index (χ3n) is 4.03. The molecule has 2 unspecified atom stereocenters. The Morgan fingerprint density at radius 2 is 2.20 bits per heavy atom. The molecule has 0 saturated heterocycles. The second kappa shape index (κ2) is 6.95. The normalized spacial score (nSPS) is 25.4. The molecule has 1 aromatic carbocycles. The molecule has 0 aliphatic heterocycles. The Morgan fingerprint density at radius 3 is 2.90 bits per heavy atom. The van der Waals surface area contributed by atoms with Gasteiger partial charge in [-0.05, 0) is 23.9 Å². The van der Waals surface area contributed by atoms with Crippen LogP contribution in [0.2, 0.25) is 0 Å². The Bertz CT molecular complexity index is 515. The molecule has 1 saturated carbocycles. The molecule has 104 valence electrons. The second-order valence-corrected chi connectivity index (χ2v) is 5.17. The highest BCUT2D eigenvalue weighted by atomic mass is 15.1. The van der Waals surface area contributed by atoms with E-state index < -0.39 is 5.54 Å². The highest BCUT2D eigenvalue weighted by Crippen LogP contribution is 2.40. The van der Waals surface area contributed by atoms with Crippen LogP contribution in [0.3, 0.4) is 0 Å². The van der Waals surface area contributed by atoms with E-state index in [1.807, 2.05) is 18.2 Å². The van der Waals surface area contributed by atoms with Crippen molar-refractivity contribution in [3.8, 4) is 6.07 Å². The molecule has 2 atom stereocenters. The third-order valence-corrected chi connectivity index (χ3v) is 4.03. The summed E-state index contributed by atoms with van der Waals surface area (Å²) in [5.74, 6) is 0.202. The highest BCUT2D eigenvalue weighted by molar-refractivity contribution is 5.30. The lowest BCUT2D eigenvalue weighted by Crippen LogP contribution is -2.51. The van der Waals surface area contributed by atoms with Crippen molar-refractivity contribution in [2.24, 2.45) is 5.11 Å². The Balaban J connectivity index is 2.18. The van der Waals surface area contributed by atoms with Crippen LogP contribution in [-0.2, 0) is 0 Å². The molecule has 5 nitrogen and oxygen atoms in total. The molecule has 1 fully saturated rings. The van der Waals surface area contributed by atoms with E-state index in [0.717, 1.165) is 25.7 Å². The first-order chi connectivity index (χ1) is 9.82. The number of nitrogens with zero attached hydrogens (tertiary/aromatic N) is 4. The van der Waals surface area contributed by atoms with E-state index in [-0.39, 0.29) is 5.92 Å². The van der Waals surface area contributed by atoms with E-state index in [0.29, 0.717) is 13.1 Å². The predicted octanol–water partition coefficient (Wildman–Crippen LogP) is 3.51. The van der Waals surface area contributed by atoms with Crippen molar-refractivity contribution in [2.45, 2.75) is 37.1 Å². The molecule has 0 aromatic heterocycles. The SMILES string of the molecule is N#CC1(NCCN=[N+]=[N-])CCCCC1c1ccccc1. The first kappa shape index (κ1) is 14.4. The summed E-state index contributed by atoms with van der Waals surface area (Å²) >= 11 is 0. The standard InChI is InChI=1S/C15H19N5/c16-12-15(18-10-11-19-20-17)9-5-4-8-14(15)13-6-2-1-3-7-13/h1-3,6-7,14,18H,4-5,8-11H2. The Hall–Kier alpha value is -2.02. The van der Waals surface area contributed by atoms with Crippen molar-refractivity contribution in [3.05, 3.63) is 46.3 Å². The molecular weight excluding hydrogens is 250 g/mol. The van der Waals surface area contributed by atoms with E-state index in [2.05, 4.69) is 33.5 Å². The van der Waals surface area contributed by atoms with Crippen molar-refractivity contribution in [2.75, 3.05) is 13.1 Å². The van der Waals surface area contributed by atoms with Crippen LogP contribution in [0.4, 0.5) is 0 Å². The summed E-state index contributed by atoms with van der Waals surface area (Å²) < 4.78 is 0. The van der Waals surface area contributed by atoms with Gasteiger partial charge in [-0.15, -0.1) is 0 Å². The van der Waals surface area contributed by atoms with Gasteiger partial charge in [-0.3, -0.25) is 5.32 Å². The van der Waals surface area contributed by atoms with Crippen LogP contribution in [0.15, 0.2) is 35.4 Å². The number of hydrogen-bond donors (Lipinski definition) is 1. The molecule has 1 aromatic rings. The summed E-state index contributed by atoms with van der Waals surface area (Å²) in [7, 11) is 0. The fourth-order valence-corrected chi connectivity index (χ4v) is 3.07. The van der Waals surface area contributed by atoms with Gasteiger partial charge >= 0.3 is 0 Å². The maximum absolute atomic E-state index is 9.71. The Kier molecular flexibility index (Phi) is 5.00. The van der Waals surface area contributed by atoms with Gasteiger partial charge in [0.05, 0.1) is 6.07 Å². The molecule has 1 aliphatic rings. The van der Waals surface area contributed by atoms with Gasteiger partial charge in [0, 0.05) is 23.9 Å². The quantitative estimate of drug-likeness (QED) is 0.384. The number of nitriles is 1. The topological polar surface area (TPSA) is 84.6 Å². The third kappa shape index (κ3) is 3.11. The minimum Gasteiger partial charge on any atom is -0.299 e. The number of rotatable bonds is 5. The smallest absolute Gasteiger partial charge is 0.113 e. The van der Waals surface area contributed by atoms with Crippen LogP contribution in [0.1, 0.15) is 37.2 Å². The van der Waals surface area contributed by atoms with Crippen molar-refractivity contribution < 1.29 is 0 Å². The lowest BCUT2D eigenvalue weighted by atomic mass is 9.70. The molecule has 5 heteroatoms. The van der Waals surface area contributed by atoms with Gasteiger partial charge in [-0.25, -0.2) is 0 Å². The summed E-state index contributed by atoms with van der Waals surface area (Å²) in [6.45, 7) is 0.919. The van der Waals surface area contributed by atoms with Gasteiger partial charge in [-0.1, -0.05) is 48.3 Å². The average molecular weight is 269 g/mol. The number of hydrogen-bond acceptors (Lipinski definition) is 3. The maximum Gasteiger partial charge on any atom is 0.113 e. The van der Waals surface area contributed by atoms with Gasteiger partial charge in [0.25, 0.3) is 0 Å². The van der Waals surface area contributed by atoms with E-state index in [1.54, 1.807) is 0 Å². The fraction of sp³-hybridized carbons (Fsp3) is 0.533. The highest BCUT2D eigenvalue weighted by Gasteiger charge is 2.41. The molecule has 0 radical (unpaired) electrons. The van der Waals surface area contributed by atoms with Crippen molar-refractivity contribution in [1.82, 2.24) is 5.32 Å². The second-order valence-electron chi connectivity index (χ2n) is 5.17. The Morgan fingerprint density at radius 1 is 1.40 bits per heavy atom. The molecule has 20 heavy (non-hydrogen) atoms. The van der Waals surface area contributed by atoms with Gasteiger partial charge < -0.3 is 0 Å². The summed E-state index contributed by atoms with van der Waals surface area (Å²) in [5.41, 5.74) is 9.00. The first-order valence-corrected chi connectivity index (χ1v) is 7.04. The lowest BCUT2D eigenvalue weighted by Gasteiger charge is -2.40.